The van der Waals surface area contributed by atoms with Crippen molar-refractivity contribution in [2.45, 2.75) is 19.4 Å². The van der Waals surface area contributed by atoms with Gasteiger partial charge in [0.15, 0.2) is 0 Å². The van der Waals surface area contributed by atoms with Crippen LogP contribution in [0.2, 0.25) is 0 Å². The van der Waals surface area contributed by atoms with Crippen LogP contribution in [0.5, 0.6) is 0 Å². The largest absolute Gasteiger partial charge is 0.331 e. The minimum absolute atomic E-state index is 0.795. The van der Waals surface area contributed by atoms with Crippen molar-refractivity contribution in [1.29, 1.82) is 0 Å². The minimum atomic E-state index is 0.795. The molecule has 3 heterocycles. The van der Waals surface area contributed by atoms with Crippen molar-refractivity contribution in [3.05, 3.63) is 28.1 Å². The standard InChI is InChI=1S/C13H13ClN2S/c14-12-9-16(7-6-15-4-1-2-5-15)10-13-11(12)3-8-17-13/h3,8-9H,1-2,4-5,10H2. The maximum atomic E-state index is 6.22. The molecule has 0 amide bonds. The molecule has 4 heteroatoms. The van der Waals surface area contributed by atoms with Crippen molar-refractivity contribution in [3.8, 4) is 12.1 Å². The first-order valence-electron chi connectivity index (χ1n) is 5.80. The molecule has 0 radical (unpaired) electrons. The average molecular weight is 265 g/mol. The van der Waals surface area contributed by atoms with E-state index in [1.807, 2.05) is 11.1 Å². The molecule has 17 heavy (non-hydrogen) atoms. The molecule has 0 saturated carbocycles. The number of hydrogen-bond donors (Lipinski definition) is 0. The predicted octanol–water partition coefficient (Wildman–Crippen LogP) is 3.12. The van der Waals surface area contributed by atoms with E-state index in [-0.39, 0.29) is 0 Å². The van der Waals surface area contributed by atoms with Crippen molar-refractivity contribution in [2.24, 2.45) is 0 Å². The topological polar surface area (TPSA) is 6.48 Å². The molecule has 2 aliphatic rings. The van der Waals surface area contributed by atoms with Crippen LogP contribution in [-0.2, 0) is 6.54 Å². The van der Waals surface area contributed by atoms with Crippen molar-refractivity contribution in [2.75, 3.05) is 13.1 Å². The van der Waals surface area contributed by atoms with Gasteiger partial charge in [-0.2, -0.15) is 0 Å². The van der Waals surface area contributed by atoms with Crippen molar-refractivity contribution < 1.29 is 0 Å². The number of thiophene rings is 1. The molecule has 1 fully saturated rings. The third-order valence-electron chi connectivity index (χ3n) is 3.04. The van der Waals surface area contributed by atoms with Gasteiger partial charge < -0.3 is 9.80 Å². The Kier molecular flexibility index (Phi) is 3.00. The summed E-state index contributed by atoms with van der Waals surface area (Å²) in [6, 6.07) is 8.46. The number of halogens is 1. The average Bonchev–Trinajstić information content (AvgIpc) is 2.97. The van der Waals surface area contributed by atoms with Gasteiger partial charge in [-0.3, -0.25) is 0 Å². The normalized spacial score (nSPS) is 18.5. The predicted molar refractivity (Wildman–Crippen MR) is 72.3 cm³/mol. The van der Waals surface area contributed by atoms with Crippen LogP contribution in [0.15, 0.2) is 17.6 Å². The van der Waals surface area contributed by atoms with Crippen LogP contribution in [0.4, 0.5) is 0 Å². The quantitative estimate of drug-likeness (QED) is 0.665. The van der Waals surface area contributed by atoms with E-state index in [1.54, 1.807) is 11.3 Å². The van der Waals surface area contributed by atoms with Gasteiger partial charge >= 0.3 is 0 Å². The summed E-state index contributed by atoms with van der Waals surface area (Å²) in [6.45, 7) is 3.05. The SMILES string of the molecule is ClC1=CN(C#CN2CCCC2)Cc2sccc21. The summed E-state index contributed by atoms with van der Waals surface area (Å²) in [6.07, 6.45) is 4.46. The number of rotatable bonds is 0. The Bertz CT molecular complexity index is 503. The summed E-state index contributed by atoms with van der Waals surface area (Å²) in [7, 11) is 0. The highest BCUT2D eigenvalue weighted by molar-refractivity contribution is 7.10. The highest BCUT2D eigenvalue weighted by Crippen LogP contribution is 2.32. The van der Waals surface area contributed by atoms with Gasteiger partial charge in [-0.15, -0.1) is 11.3 Å². The molecular formula is C13H13ClN2S. The van der Waals surface area contributed by atoms with E-state index in [9.17, 15) is 0 Å². The second-order valence-electron chi connectivity index (χ2n) is 4.28. The number of fused-ring (bicyclic) bond motifs is 1. The maximum Gasteiger partial charge on any atom is 0.0660 e. The first-order chi connectivity index (χ1) is 8.33. The lowest BCUT2D eigenvalue weighted by molar-refractivity contribution is 0.479. The lowest BCUT2D eigenvalue weighted by atomic mass is 10.2. The van der Waals surface area contributed by atoms with E-state index in [4.69, 9.17) is 11.6 Å². The Morgan fingerprint density at radius 3 is 2.88 bits per heavy atom. The Morgan fingerprint density at radius 2 is 2.06 bits per heavy atom. The molecule has 0 unspecified atom stereocenters. The Morgan fingerprint density at radius 1 is 1.24 bits per heavy atom. The van der Waals surface area contributed by atoms with Crippen LogP contribution in [0.3, 0.4) is 0 Å². The fourth-order valence-corrected chi connectivity index (χ4v) is 3.36. The van der Waals surface area contributed by atoms with E-state index < -0.39 is 0 Å². The summed E-state index contributed by atoms with van der Waals surface area (Å²) < 4.78 is 0. The highest BCUT2D eigenvalue weighted by atomic mass is 35.5. The summed E-state index contributed by atoms with van der Waals surface area (Å²) in [5, 5.41) is 2.88. The monoisotopic (exact) mass is 264 g/mol. The van der Waals surface area contributed by atoms with Gasteiger partial charge in [0.1, 0.15) is 0 Å². The number of likely N-dealkylation sites (tertiary alicyclic amines) is 1. The van der Waals surface area contributed by atoms with Crippen LogP contribution in [0.25, 0.3) is 5.03 Å². The van der Waals surface area contributed by atoms with Crippen LogP contribution in [0.1, 0.15) is 23.3 Å². The molecule has 0 aliphatic carbocycles. The zero-order valence-electron chi connectivity index (χ0n) is 9.45. The van der Waals surface area contributed by atoms with Crippen LogP contribution < -0.4 is 0 Å². The fourth-order valence-electron chi connectivity index (χ4n) is 2.12. The summed E-state index contributed by atoms with van der Waals surface area (Å²) >= 11 is 7.97. The zero-order valence-corrected chi connectivity index (χ0v) is 11.0. The molecule has 1 aromatic rings. The van der Waals surface area contributed by atoms with E-state index in [1.165, 1.54) is 17.7 Å². The maximum absolute atomic E-state index is 6.22. The summed E-state index contributed by atoms with van der Waals surface area (Å²) in [5.74, 6) is 0. The Hall–Kier alpha value is -1.11. The smallest absolute Gasteiger partial charge is 0.0660 e. The van der Waals surface area contributed by atoms with Crippen molar-refractivity contribution >= 4 is 28.0 Å². The third-order valence-corrected chi connectivity index (χ3v) is 4.25. The van der Waals surface area contributed by atoms with Gasteiger partial charge in [-0.1, -0.05) is 11.6 Å². The molecule has 0 N–H and O–H groups in total. The summed E-state index contributed by atoms with van der Waals surface area (Å²) in [4.78, 5) is 5.47. The van der Waals surface area contributed by atoms with Gasteiger partial charge in [0, 0.05) is 41.8 Å². The van der Waals surface area contributed by atoms with Gasteiger partial charge in [0.05, 0.1) is 11.6 Å². The molecule has 0 spiro atoms. The molecule has 1 saturated heterocycles. The number of hydrogen-bond acceptors (Lipinski definition) is 3. The second-order valence-corrected chi connectivity index (χ2v) is 5.69. The molecule has 0 aromatic carbocycles. The fraction of sp³-hybridized carbons (Fsp3) is 0.385. The molecule has 0 bridgehead atoms. The molecule has 0 atom stereocenters. The second kappa shape index (κ2) is 4.64. The van der Waals surface area contributed by atoms with Crippen LogP contribution >= 0.6 is 22.9 Å². The molecule has 88 valence electrons. The van der Waals surface area contributed by atoms with E-state index in [2.05, 4.69) is 28.4 Å². The minimum Gasteiger partial charge on any atom is -0.331 e. The van der Waals surface area contributed by atoms with Crippen LogP contribution in [0, 0.1) is 12.1 Å². The van der Waals surface area contributed by atoms with E-state index in [0.29, 0.717) is 0 Å². The van der Waals surface area contributed by atoms with Crippen molar-refractivity contribution in [1.82, 2.24) is 9.80 Å². The molecule has 1 aromatic heterocycles. The molecular weight excluding hydrogens is 252 g/mol. The summed E-state index contributed by atoms with van der Waals surface area (Å²) in [5.41, 5.74) is 1.16. The van der Waals surface area contributed by atoms with Gasteiger partial charge in [-0.05, 0) is 24.3 Å². The van der Waals surface area contributed by atoms with E-state index in [0.717, 1.165) is 30.2 Å². The first-order valence-corrected chi connectivity index (χ1v) is 7.05. The Labute approximate surface area is 110 Å². The van der Waals surface area contributed by atoms with E-state index >= 15 is 0 Å². The third kappa shape index (κ3) is 2.29. The number of nitrogens with zero attached hydrogens (tertiary/aromatic N) is 2. The van der Waals surface area contributed by atoms with Gasteiger partial charge in [-0.25, -0.2) is 0 Å². The molecule has 3 rings (SSSR count). The Balaban J connectivity index is 1.76. The molecule has 2 aliphatic heterocycles. The zero-order chi connectivity index (χ0) is 11.7. The van der Waals surface area contributed by atoms with Gasteiger partial charge in [0.25, 0.3) is 0 Å². The van der Waals surface area contributed by atoms with Gasteiger partial charge in [0.2, 0.25) is 0 Å². The van der Waals surface area contributed by atoms with Crippen LogP contribution in [-0.4, -0.2) is 22.9 Å². The molecule has 2 nitrogen and oxygen atoms in total. The first kappa shape index (κ1) is 11.0. The lowest BCUT2D eigenvalue weighted by Gasteiger charge is -2.19. The highest BCUT2D eigenvalue weighted by Gasteiger charge is 2.16. The lowest BCUT2D eigenvalue weighted by Crippen LogP contribution is -2.17. The van der Waals surface area contributed by atoms with Crippen molar-refractivity contribution in [3.63, 3.8) is 0 Å².